The third-order valence-corrected chi connectivity index (χ3v) is 8.02. The molecule has 5 rings (SSSR count). The molecule has 8 nitrogen and oxygen atoms in total. The Morgan fingerprint density at radius 3 is 2.66 bits per heavy atom. The lowest BCUT2D eigenvalue weighted by molar-refractivity contribution is -0.194. The van der Waals surface area contributed by atoms with E-state index in [2.05, 4.69) is 16.0 Å². The lowest BCUT2D eigenvalue weighted by Crippen LogP contribution is -2.70. The highest BCUT2D eigenvalue weighted by atomic mass is 35.5. The lowest BCUT2D eigenvalue weighted by Gasteiger charge is -2.54. The number of alkyl halides is 2. The van der Waals surface area contributed by atoms with Gasteiger partial charge < -0.3 is 20.9 Å². The topological polar surface area (TPSA) is 114 Å². The zero-order valence-corrected chi connectivity index (χ0v) is 22.3. The van der Waals surface area contributed by atoms with Gasteiger partial charge in [-0.05, 0) is 56.2 Å². The van der Waals surface area contributed by atoms with Crippen molar-refractivity contribution in [2.45, 2.75) is 82.5 Å². The molecule has 0 radical (unpaired) electrons. The first-order valence-corrected chi connectivity index (χ1v) is 13.6. The molecule has 3 amide bonds. The molecule has 1 aromatic rings. The van der Waals surface area contributed by atoms with Crippen LogP contribution in [-0.4, -0.2) is 59.3 Å². The number of nitrogens with zero attached hydrogens (tertiary/aromatic N) is 2. The van der Waals surface area contributed by atoms with Crippen molar-refractivity contribution < 1.29 is 23.2 Å². The Balaban J connectivity index is 1.59. The Bertz CT molecular complexity index is 1110. The number of carbonyl (C=O) groups is 3. The quantitative estimate of drug-likeness (QED) is 0.434. The number of nitriles is 1. The van der Waals surface area contributed by atoms with Gasteiger partial charge in [0.05, 0.1) is 12.0 Å². The van der Waals surface area contributed by atoms with Gasteiger partial charge in [-0.25, -0.2) is 8.78 Å². The summed E-state index contributed by atoms with van der Waals surface area (Å²) in [6, 6.07) is 4.89. The van der Waals surface area contributed by atoms with Gasteiger partial charge in [-0.3, -0.25) is 14.4 Å². The zero-order chi connectivity index (χ0) is 27.6. The molecule has 6 atom stereocenters. The molecule has 38 heavy (non-hydrogen) atoms. The van der Waals surface area contributed by atoms with Crippen LogP contribution in [0.3, 0.4) is 0 Å². The summed E-state index contributed by atoms with van der Waals surface area (Å²) >= 11 is 6.12. The van der Waals surface area contributed by atoms with Crippen LogP contribution < -0.4 is 16.0 Å². The number of fused-ring (bicyclic) bond motifs is 3. The summed E-state index contributed by atoms with van der Waals surface area (Å²) in [6.45, 7) is 4.40. The Morgan fingerprint density at radius 1 is 1.29 bits per heavy atom. The number of anilines is 1. The predicted molar refractivity (Wildman–Crippen MR) is 138 cm³/mol. The van der Waals surface area contributed by atoms with Gasteiger partial charge in [0.25, 0.3) is 5.92 Å². The van der Waals surface area contributed by atoms with Gasteiger partial charge in [0.1, 0.15) is 18.1 Å². The summed E-state index contributed by atoms with van der Waals surface area (Å²) in [7, 11) is 0. The van der Waals surface area contributed by atoms with Crippen LogP contribution in [0.4, 0.5) is 14.5 Å². The molecule has 4 fully saturated rings. The maximum atomic E-state index is 15.1. The fraction of sp³-hybridized carbons (Fsp3) is 0.630. The van der Waals surface area contributed by atoms with Crippen LogP contribution in [0.1, 0.15) is 52.4 Å². The minimum absolute atomic E-state index is 0.0888. The van der Waals surface area contributed by atoms with Crippen LogP contribution in [0.5, 0.6) is 0 Å². The average molecular weight is 550 g/mol. The van der Waals surface area contributed by atoms with E-state index in [1.165, 1.54) is 4.90 Å². The van der Waals surface area contributed by atoms with Crippen LogP contribution >= 0.6 is 11.6 Å². The smallest absolute Gasteiger partial charge is 0.255 e. The minimum atomic E-state index is -3.11. The van der Waals surface area contributed by atoms with Crippen LogP contribution in [0.25, 0.3) is 0 Å². The zero-order valence-electron chi connectivity index (χ0n) is 21.6. The van der Waals surface area contributed by atoms with Gasteiger partial charge in [0.2, 0.25) is 17.7 Å². The summed E-state index contributed by atoms with van der Waals surface area (Å²) in [5.74, 6) is -6.18. The van der Waals surface area contributed by atoms with Crippen LogP contribution in [0, 0.1) is 29.1 Å². The van der Waals surface area contributed by atoms with E-state index < -0.39 is 60.2 Å². The second kappa shape index (κ2) is 11.4. The first-order valence-electron chi connectivity index (χ1n) is 13.2. The number of amides is 3. The fourth-order valence-electron chi connectivity index (χ4n) is 6.03. The number of rotatable bonds is 9. The number of halogens is 3. The molecule has 3 N–H and O–H groups in total. The maximum absolute atomic E-state index is 15.1. The molecule has 3 aliphatic heterocycles. The Hall–Kier alpha value is -2.93. The highest BCUT2D eigenvalue weighted by molar-refractivity contribution is 6.30. The van der Waals surface area contributed by atoms with Crippen LogP contribution in [0.15, 0.2) is 24.3 Å². The highest BCUT2D eigenvalue weighted by Gasteiger charge is 2.61. The number of hydrogen-bond donors (Lipinski definition) is 3. The van der Waals surface area contributed by atoms with Gasteiger partial charge >= 0.3 is 0 Å². The van der Waals surface area contributed by atoms with Gasteiger partial charge in [-0.1, -0.05) is 31.5 Å². The molecule has 206 valence electrons. The van der Waals surface area contributed by atoms with E-state index in [0.717, 1.165) is 0 Å². The molecule has 1 saturated carbocycles. The molecule has 0 spiro atoms. The van der Waals surface area contributed by atoms with Crippen molar-refractivity contribution in [1.82, 2.24) is 15.5 Å². The fourth-order valence-corrected chi connectivity index (χ4v) is 6.22. The Labute approximate surface area is 226 Å². The van der Waals surface area contributed by atoms with Gasteiger partial charge in [0, 0.05) is 35.6 Å². The molecule has 0 aromatic heterocycles. The van der Waals surface area contributed by atoms with Crippen LogP contribution in [0.2, 0.25) is 5.02 Å². The molecule has 1 aliphatic carbocycles. The van der Waals surface area contributed by atoms with Crippen molar-refractivity contribution in [3.8, 4) is 6.07 Å². The first kappa shape index (κ1) is 28.1. The summed E-state index contributed by atoms with van der Waals surface area (Å²) in [5, 5.41) is 18.6. The van der Waals surface area contributed by atoms with Crippen molar-refractivity contribution in [2.75, 3.05) is 11.9 Å². The molecule has 0 unspecified atom stereocenters. The van der Waals surface area contributed by atoms with E-state index >= 15 is 8.78 Å². The number of hydrogen-bond acceptors (Lipinski definition) is 5. The van der Waals surface area contributed by atoms with Crippen molar-refractivity contribution in [2.24, 2.45) is 17.8 Å². The molecular formula is C27H34ClF2N5O3. The Morgan fingerprint density at radius 2 is 2.05 bits per heavy atom. The van der Waals surface area contributed by atoms with E-state index in [1.54, 1.807) is 24.3 Å². The van der Waals surface area contributed by atoms with Crippen molar-refractivity contribution in [3.05, 3.63) is 29.3 Å². The molecule has 4 aliphatic rings. The molecule has 11 heteroatoms. The largest absolute Gasteiger partial charge is 0.374 e. The number of piperidine rings is 2. The standard InChI is InChI=1S/C27H34ClF2N5O3/c1-15(2)10-22(33-18-5-3-4-17(28)12-18)26(38)35-20-6-7-21(27(29,30)13-20)23(35)25(37)34-19(14-31)11-16-8-9-32-24(16)36/h3-5,12,15-16,19-23,33H,6-11,13H2,1-2H3,(H,32,36)(H,34,37)/t16-,19-,20-,21-,22-,23+/m0/s1. The first-order chi connectivity index (χ1) is 18.0. The molecule has 1 aromatic carbocycles. The second-order valence-corrected chi connectivity index (χ2v) is 11.5. The maximum Gasteiger partial charge on any atom is 0.255 e. The van der Waals surface area contributed by atoms with E-state index in [-0.39, 0.29) is 24.7 Å². The highest BCUT2D eigenvalue weighted by Crippen LogP contribution is 2.49. The summed E-state index contributed by atoms with van der Waals surface area (Å²) < 4.78 is 30.2. The SMILES string of the molecule is CC(C)C[C@H](Nc1cccc(Cl)c1)C(=O)N1[C@H]2CC[C@@H]([C@@H]1C(=O)N[C@H](C#N)C[C@@H]1CCNC1=O)C(F)(F)C2. The Kier molecular flexibility index (Phi) is 8.46. The molecular weight excluding hydrogens is 516 g/mol. The third-order valence-electron chi connectivity index (χ3n) is 7.78. The third kappa shape index (κ3) is 6.04. The van der Waals surface area contributed by atoms with Crippen LogP contribution in [-0.2, 0) is 14.4 Å². The van der Waals surface area contributed by atoms with Crippen molar-refractivity contribution in [3.63, 3.8) is 0 Å². The molecule has 3 saturated heterocycles. The van der Waals surface area contributed by atoms with Gasteiger partial charge in [-0.2, -0.15) is 5.26 Å². The summed E-state index contributed by atoms with van der Waals surface area (Å²) in [4.78, 5) is 40.9. The van der Waals surface area contributed by atoms with Crippen molar-refractivity contribution in [1.29, 1.82) is 5.26 Å². The monoisotopic (exact) mass is 549 g/mol. The van der Waals surface area contributed by atoms with E-state index in [0.29, 0.717) is 36.5 Å². The van der Waals surface area contributed by atoms with Gasteiger partial charge in [-0.15, -0.1) is 0 Å². The predicted octanol–water partition coefficient (Wildman–Crippen LogP) is 3.72. The summed E-state index contributed by atoms with van der Waals surface area (Å²) in [5.41, 5.74) is 0.615. The van der Waals surface area contributed by atoms with Gasteiger partial charge in [0.15, 0.2) is 0 Å². The average Bonchev–Trinajstić information content (AvgIpc) is 3.25. The van der Waals surface area contributed by atoms with E-state index in [4.69, 9.17) is 11.6 Å². The second-order valence-electron chi connectivity index (χ2n) is 11.0. The summed E-state index contributed by atoms with van der Waals surface area (Å²) in [6.07, 6.45) is 1.04. The number of nitrogens with one attached hydrogen (secondary N) is 3. The molecule has 3 heterocycles. The van der Waals surface area contributed by atoms with E-state index in [1.807, 2.05) is 19.9 Å². The number of benzene rings is 1. The van der Waals surface area contributed by atoms with E-state index in [9.17, 15) is 19.6 Å². The lowest BCUT2D eigenvalue weighted by atomic mass is 9.71. The number of carbonyl (C=O) groups excluding carboxylic acids is 3. The normalized spacial score (nSPS) is 27.4. The van der Waals surface area contributed by atoms with Crippen molar-refractivity contribution >= 4 is 35.0 Å². The molecule has 2 bridgehead atoms. The minimum Gasteiger partial charge on any atom is -0.374 e.